The molecule has 278 valence electrons. The number of nitrogens with two attached hydrogens (primary N) is 1. The topological polar surface area (TPSA) is 189 Å². The molecule has 0 spiro atoms. The van der Waals surface area contributed by atoms with Crippen molar-refractivity contribution in [2.45, 2.75) is 161 Å². The summed E-state index contributed by atoms with van der Waals surface area (Å²) in [7, 11) is -4.72. The van der Waals surface area contributed by atoms with Crippen molar-refractivity contribution in [1.29, 1.82) is 0 Å². The van der Waals surface area contributed by atoms with Gasteiger partial charge in [-0.05, 0) is 38.9 Å². The molecule has 14 heteroatoms. The van der Waals surface area contributed by atoms with Crippen molar-refractivity contribution in [2.24, 2.45) is 0 Å². The fraction of sp³-hybridized carbons (Fsp3) is 0.853. The SMILES string of the molecule is CCCCCCCCN(CCCCCCCC)CCCCCCCC.Nc1ncnc2c1ncn2[C@@H]1O[C@H](COP(=O)(O)O)[C@@H](O)[C@H]1O. The number of imidazole rings is 1. The van der Waals surface area contributed by atoms with Gasteiger partial charge in [0.25, 0.3) is 0 Å². The molecule has 48 heavy (non-hydrogen) atoms. The van der Waals surface area contributed by atoms with E-state index in [1.165, 1.54) is 152 Å². The number of aliphatic hydroxyl groups excluding tert-OH is 2. The zero-order chi connectivity index (χ0) is 35.2. The van der Waals surface area contributed by atoms with Crippen molar-refractivity contribution >= 4 is 24.8 Å². The quantitative estimate of drug-likeness (QED) is 0.0559. The highest BCUT2D eigenvalue weighted by Crippen LogP contribution is 2.38. The smallest absolute Gasteiger partial charge is 0.387 e. The Morgan fingerprint density at radius 2 is 1.25 bits per heavy atom. The Kier molecular flexibility index (Phi) is 21.6. The van der Waals surface area contributed by atoms with Crippen molar-refractivity contribution in [2.75, 3.05) is 32.0 Å². The molecular formula is C34H65N6O7P. The average molecular weight is 701 g/mol. The molecule has 3 heterocycles. The van der Waals surface area contributed by atoms with Gasteiger partial charge in [-0.3, -0.25) is 9.09 Å². The summed E-state index contributed by atoms with van der Waals surface area (Å²) < 4.78 is 21.8. The molecule has 13 nitrogen and oxygen atoms in total. The molecule has 0 bridgehead atoms. The molecule has 1 fully saturated rings. The van der Waals surface area contributed by atoms with Crippen LogP contribution in [0, 0.1) is 0 Å². The summed E-state index contributed by atoms with van der Waals surface area (Å²) in [6, 6.07) is 0. The molecular weight excluding hydrogens is 635 g/mol. The lowest BCUT2D eigenvalue weighted by molar-refractivity contribution is -0.0504. The third kappa shape index (κ3) is 16.3. The lowest BCUT2D eigenvalue weighted by atomic mass is 10.1. The number of aliphatic hydroxyl groups is 2. The van der Waals surface area contributed by atoms with E-state index in [0.29, 0.717) is 5.52 Å². The van der Waals surface area contributed by atoms with Crippen LogP contribution in [0.15, 0.2) is 12.7 Å². The number of phosphoric ester groups is 1. The monoisotopic (exact) mass is 700 g/mol. The molecule has 2 aromatic heterocycles. The lowest BCUT2D eigenvalue weighted by Gasteiger charge is -2.22. The molecule has 0 aliphatic carbocycles. The van der Waals surface area contributed by atoms with Gasteiger partial charge in [0, 0.05) is 0 Å². The first-order chi connectivity index (χ1) is 23.1. The number of nitrogen functional groups attached to an aromatic ring is 1. The number of rotatable bonds is 25. The largest absolute Gasteiger partial charge is 0.469 e. The van der Waals surface area contributed by atoms with Gasteiger partial charge in [-0.1, -0.05) is 117 Å². The average Bonchev–Trinajstić information content (AvgIpc) is 3.61. The van der Waals surface area contributed by atoms with Gasteiger partial charge in [-0.2, -0.15) is 0 Å². The van der Waals surface area contributed by atoms with Crippen molar-refractivity contribution in [1.82, 2.24) is 24.4 Å². The first kappa shape index (κ1) is 42.5. The van der Waals surface area contributed by atoms with E-state index in [4.69, 9.17) is 20.3 Å². The number of fused-ring (bicyclic) bond motifs is 1. The first-order valence-corrected chi connectivity index (χ1v) is 20.0. The lowest BCUT2D eigenvalue weighted by Crippen LogP contribution is -2.33. The number of phosphoric acid groups is 1. The minimum atomic E-state index is -4.72. The van der Waals surface area contributed by atoms with Crippen molar-refractivity contribution in [3.63, 3.8) is 0 Å². The third-order valence-corrected chi connectivity index (χ3v) is 9.37. The Morgan fingerprint density at radius 1 is 0.771 bits per heavy atom. The second-order valence-electron chi connectivity index (χ2n) is 13.1. The molecule has 6 N–H and O–H groups in total. The van der Waals surface area contributed by atoms with Crippen LogP contribution in [0.4, 0.5) is 5.82 Å². The van der Waals surface area contributed by atoms with Gasteiger partial charge >= 0.3 is 7.82 Å². The molecule has 1 aliphatic heterocycles. The number of ether oxygens (including phenoxy) is 1. The van der Waals surface area contributed by atoms with Crippen molar-refractivity contribution < 1.29 is 33.8 Å². The number of hydrogen-bond acceptors (Lipinski definition) is 10. The van der Waals surface area contributed by atoms with Gasteiger partial charge in [0.05, 0.1) is 12.9 Å². The molecule has 1 saturated heterocycles. The summed E-state index contributed by atoms with van der Waals surface area (Å²) in [5.74, 6) is 0.142. The van der Waals surface area contributed by atoms with E-state index in [0.717, 1.165) is 0 Å². The normalized spacial score (nSPS) is 19.7. The van der Waals surface area contributed by atoms with Crippen LogP contribution in [0.5, 0.6) is 0 Å². The summed E-state index contributed by atoms with van der Waals surface area (Å²) in [5.41, 5.74) is 6.25. The van der Waals surface area contributed by atoms with Gasteiger partial charge in [-0.15, -0.1) is 0 Å². The van der Waals surface area contributed by atoms with Crippen LogP contribution >= 0.6 is 7.82 Å². The summed E-state index contributed by atoms with van der Waals surface area (Å²) in [4.78, 5) is 32.0. The third-order valence-electron chi connectivity index (χ3n) is 8.89. The molecule has 2 aromatic rings. The number of anilines is 1. The van der Waals surface area contributed by atoms with Gasteiger partial charge in [-0.25, -0.2) is 19.5 Å². The van der Waals surface area contributed by atoms with Crippen LogP contribution in [0.2, 0.25) is 0 Å². The zero-order valence-corrected chi connectivity index (χ0v) is 30.7. The highest BCUT2D eigenvalue weighted by atomic mass is 31.2. The van der Waals surface area contributed by atoms with E-state index in [-0.39, 0.29) is 11.5 Å². The highest BCUT2D eigenvalue weighted by molar-refractivity contribution is 7.46. The standard InChI is InChI=1S/C24H51N.C10H14N5O7P/c1-4-7-10-13-16-19-22-25(23-20-17-14-11-8-5-2)24-21-18-15-12-9-6-3;11-8-5-9(13-2-12-8)15(3-14-5)10-7(17)6(16)4(22-10)1-21-23(18,19)20/h4-24H2,1-3H3;2-4,6-7,10,16-17H,1H2,(H2,11,12,13)(H2,18,19,20)/t;4-,6-,7-,10-/m.1/s1. The number of hydrogen-bond donors (Lipinski definition) is 5. The summed E-state index contributed by atoms with van der Waals surface area (Å²) >= 11 is 0. The van der Waals surface area contributed by atoms with E-state index < -0.39 is 39.0 Å². The Labute approximate surface area is 288 Å². The summed E-state index contributed by atoms with van der Waals surface area (Å²) in [5, 5.41) is 20.1. The molecule has 0 unspecified atom stereocenters. The molecule has 0 aromatic carbocycles. The highest BCUT2D eigenvalue weighted by Gasteiger charge is 2.45. The first-order valence-electron chi connectivity index (χ1n) is 18.5. The molecule has 0 radical (unpaired) electrons. The second kappa shape index (κ2) is 24.4. The van der Waals surface area contributed by atoms with Crippen LogP contribution in [0.3, 0.4) is 0 Å². The van der Waals surface area contributed by atoms with Crippen LogP contribution in [0.25, 0.3) is 11.2 Å². The Hall–Kier alpha value is -1.70. The number of aromatic nitrogens is 4. The fourth-order valence-corrected chi connectivity index (χ4v) is 6.35. The van der Waals surface area contributed by atoms with Crippen molar-refractivity contribution in [3.05, 3.63) is 12.7 Å². The number of unbranched alkanes of at least 4 members (excludes halogenated alkanes) is 15. The Bertz CT molecular complexity index is 1110. The molecule has 4 atom stereocenters. The van der Waals surface area contributed by atoms with E-state index in [1.807, 2.05) is 0 Å². The van der Waals surface area contributed by atoms with Gasteiger partial charge < -0.3 is 35.4 Å². The van der Waals surface area contributed by atoms with E-state index in [1.54, 1.807) is 0 Å². The van der Waals surface area contributed by atoms with Crippen LogP contribution in [-0.2, 0) is 13.8 Å². The van der Waals surface area contributed by atoms with Crippen LogP contribution in [-0.4, -0.2) is 89.0 Å². The Morgan fingerprint density at radius 3 is 1.73 bits per heavy atom. The summed E-state index contributed by atoms with van der Waals surface area (Å²) in [6.45, 7) is 10.4. The maximum absolute atomic E-state index is 10.7. The maximum Gasteiger partial charge on any atom is 0.469 e. The van der Waals surface area contributed by atoms with Crippen LogP contribution < -0.4 is 5.73 Å². The molecule has 1 aliphatic rings. The Balaban J connectivity index is 0.000000334. The van der Waals surface area contributed by atoms with Crippen molar-refractivity contribution in [3.8, 4) is 0 Å². The number of nitrogens with zero attached hydrogens (tertiary/aromatic N) is 5. The van der Waals surface area contributed by atoms with E-state index in [9.17, 15) is 14.8 Å². The summed E-state index contributed by atoms with van der Waals surface area (Å²) in [6.07, 6.45) is 23.2. The molecule has 0 saturated carbocycles. The predicted octanol–water partition coefficient (Wildman–Crippen LogP) is 6.51. The van der Waals surface area contributed by atoms with E-state index >= 15 is 0 Å². The van der Waals surface area contributed by atoms with Crippen LogP contribution in [0.1, 0.15) is 143 Å². The zero-order valence-electron chi connectivity index (χ0n) is 29.8. The van der Waals surface area contributed by atoms with Gasteiger partial charge in [0.1, 0.15) is 30.2 Å². The predicted molar refractivity (Wildman–Crippen MR) is 190 cm³/mol. The van der Waals surface area contributed by atoms with Gasteiger partial charge in [0.15, 0.2) is 17.7 Å². The second-order valence-corrected chi connectivity index (χ2v) is 14.3. The minimum Gasteiger partial charge on any atom is -0.387 e. The minimum absolute atomic E-state index is 0.142. The molecule has 0 amide bonds. The fourth-order valence-electron chi connectivity index (χ4n) is 6.01. The van der Waals surface area contributed by atoms with E-state index in [2.05, 4.69) is 45.1 Å². The maximum atomic E-state index is 10.7. The van der Waals surface area contributed by atoms with Gasteiger partial charge in [0.2, 0.25) is 0 Å². The molecule has 3 rings (SSSR count).